The highest BCUT2D eigenvalue weighted by Crippen LogP contribution is 2.34. The van der Waals surface area contributed by atoms with Crippen LogP contribution in [0.4, 0.5) is 10.5 Å². The number of para-hydroxylation sites is 1. The number of carbonyl (C=O) groups is 3. The highest BCUT2D eigenvalue weighted by atomic mass is 16.6. The number of carbonyl (C=O) groups excluding carboxylic acids is 3. The van der Waals surface area contributed by atoms with Crippen molar-refractivity contribution in [3.63, 3.8) is 0 Å². The van der Waals surface area contributed by atoms with Gasteiger partial charge in [-0.25, -0.2) is 4.79 Å². The third-order valence-electron chi connectivity index (χ3n) is 6.29. The van der Waals surface area contributed by atoms with Crippen molar-refractivity contribution >= 4 is 23.6 Å². The van der Waals surface area contributed by atoms with E-state index in [0.717, 1.165) is 29.7 Å². The van der Waals surface area contributed by atoms with Crippen LogP contribution in [0.25, 0.3) is 0 Å². The molecule has 1 heterocycles. The first kappa shape index (κ1) is 24.8. The Morgan fingerprint density at radius 2 is 1.71 bits per heavy atom. The Kier molecular flexibility index (Phi) is 7.43. The van der Waals surface area contributed by atoms with Crippen LogP contribution in [0.1, 0.15) is 51.2 Å². The van der Waals surface area contributed by atoms with Crippen LogP contribution in [0.5, 0.6) is 0 Å². The lowest BCUT2D eigenvalue weighted by atomic mass is 10.0. The summed E-state index contributed by atoms with van der Waals surface area (Å²) in [5.74, 6) is 0.0300. The highest BCUT2D eigenvalue weighted by molar-refractivity contribution is 6.01. The third-order valence-corrected chi connectivity index (χ3v) is 6.29. The lowest BCUT2D eigenvalue weighted by Gasteiger charge is -2.28. The van der Waals surface area contributed by atoms with E-state index in [1.54, 1.807) is 20.8 Å². The summed E-state index contributed by atoms with van der Waals surface area (Å²) in [4.78, 5) is 41.4. The molecule has 2 N–H and O–H groups in total. The molecule has 7 nitrogen and oxygen atoms in total. The predicted octanol–water partition coefficient (Wildman–Crippen LogP) is 4.00. The van der Waals surface area contributed by atoms with Crippen LogP contribution in [0.15, 0.2) is 54.6 Å². The summed E-state index contributed by atoms with van der Waals surface area (Å²) in [6.07, 6.45) is 3.08. The summed E-state index contributed by atoms with van der Waals surface area (Å²) in [7, 11) is 0. The van der Waals surface area contributed by atoms with Crippen molar-refractivity contribution in [2.45, 2.75) is 70.6 Å². The number of hydrogen-bond donors (Lipinski definition) is 2. The Bertz CT molecular complexity index is 1060. The second-order valence-corrected chi connectivity index (χ2v) is 10.5. The summed E-state index contributed by atoms with van der Waals surface area (Å²) in [5.41, 5.74) is 2.27. The number of ether oxygens (including phenoxy) is 1. The number of hydrogen-bond acceptors (Lipinski definition) is 4. The fraction of sp³-hybridized carbons (Fsp3) is 0.464. The van der Waals surface area contributed by atoms with E-state index in [4.69, 9.17) is 4.74 Å². The van der Waals surface area contributed by atoms with E-state index < -0.39 is 29.7 Å². The molecule has 2 aliphatic rings. The van der Waals surface area contributed by atoms with E-state index >= 15 is 0 Å². The highest BCUT2D eigenvalue weighted by Gasteiger charge is 2.36. The Labute approximate surface area is 207 Å². The van der Waals surface area contributed by atoms with Crippen LogP contribution in [-0.2, 0) is 27.2 Å². The van der Waals surface area contributed by atoms with Crippen molar-refractivity contribution in [3.05, 3.63) is 65.7 Å². The second kappa shape index (κ2) is 10.5. The average Bonchev–Trinajstić information content (AvgIpc) is 3.64. The number of nitrogens with zero attached hydrogens (tertiary/aromatic N) is 1. The summed E-state index contributed by atoms with van der Waals surface area (Å²) >= 11 is 0. The van der Waals surface area contributed by atoms with Crippen molar-refractivity contribution < 1.29 is 19.1 Å². The molecule has 0 spiro atoms. The molecule has 2 atom stereocenters. The van der Waals surface area contributed by atoms with E-state index in [1.165, 1.54) is 0 Å². The zero-order valence-corrected chi connectivity index (χ0v) is 20.8. The Morgan fingerprint density at radius 1 is 1.03 bits per heavy atom. The minimum absolute atomic E-state index is 0.0917. The minimum Gasteiger partial charge on any atom is -0.444 e. The molecule has 0 aromatic heterocycles. The van der Waals surface area contributed by atoms with Gasteiger partial charge in [0, 0.05) is 18.7 Å². The van der Waals surface area contributed by atoms with Gasteiger partial charge >= 0.3 is 6.09 Å². The summed E-state index contributed by atoms with van der Waals surface area (Å²) in [5, 5.41) is 5.67. The van der Waals surface area contributed by atoms with Gasteiger partial charge in [0.2, 0.25) is 11.8 Å². The maximum Gasteiger partial charge on any atom is 0.408 e. The number of rotatable bonds is 7. The van der Waals surface area contributed by atoms with E-state index in [-0.39, 0.29) is 5.91 Å². The van der Waals surface area contributed by atoms with Crippen molar-refractivity contribution in [2.24, 2.45) is 5.92 Å². The predicted molar refractivity (Wildman–Crippen MR) is 135 cm³/mol. The molecule has 186 valence electrons. The number of fused-ring (bicyclic) bond motifs is 1. The topological polar surface area (TPSA) is 87.7 Å². The van der Waals surface area contributed by atoms with Gasteiger partial charge in [-0.15, -0.1) is 0 Å². The van der Waals surface area contributed by atoms with Crippen LogP contribution in [-0.4, -0.2) is 42.1 Å². The van der Waals surface area contributed by atoms with Gasteiger partial charge in [-0.05, 0) is 69.6 Å². The summed E-state index contributed by atoms with van der Waals surface area (Å²) < 4.78 is 5.39. The number of aryl methyl sites for hydroxylation is 1. The number of anilines is 1. The molecular formula is C28H35N3O4. The van der Waals surface area contributed by atoms with Crippen LogP contribution >= 0.6 is 0 Å². The van der Waals surface area contributed by atoms with Crippen molar-refractivity contribution in [2.75, 3.05) is 11.4 Å². The first-order valence-corrected chi connectivity index (χ1v) is 12.4. The largest absolute Gasteiger partial charge is 0.444 e. The molecule has 0 bridgehead atoms. The Morgan fingerprint density at radius 3 is 2.40 bits per heavy atom. The molecule has 35 heavy (non-hydrogen) atoms. The molecule has 7 heteroatoms. The molecule has 0 radical (unpaired) electrons. The van der Waals surface area contributed by atoms with Gasteiger partial charge < -0.3 is 20.3 Å². The first-order valence-electron chi connectivity index (χ1n) is 12.4. The molecule has 3 amide bonds. The molecule has 1 aliphatic heterocycles. The maximum atomic E-state index is 13.6. The standard InChI is InChI=1S/C28H35N3O4/c1-28(2,3)35-27(34)30-23(17-19-9-5-4-6-10-19)25(32)29-22-16-15-21-11-7-8-12-24(21)31(26(22)33)18-20-13-14-20/h4-12,20,22-23H,13-18H2,1-3H3,(H,29,32)(H,30,34). The van der Waals surface area contributed by atoms with E-state index in [9.17, 15) is 14.4 Å². The van der Waals surface area contributed by atoms with Gasteiger partial charge in [0.1, 0.15) is 17.7 Å². The van der Waals surface area contributed by atoms with Gasteiger partial charge in [0.05, 0.1) is 0 Å². The van der Waals surface area contributed by atoms with Crippen LogP contribution in [0.3, 0.4) is 0 Å². The molecule has 1 aliphatic carbocycles. The van der Waals surface area contributed by atoms with Crippen LogP contribution < -0.4 is 15.5 Å². The van der Waals surface area contributed by atoms with E-state index in [2.05, 4.69) is 16.7 Å². The zero-order valence-electron chi connectivity index (χ0n) is 20.8. The first-order chi connectivity index (χ1) is 16.7. The third kappa shape index (κ3) is 6.84. The smallest absolute Gasteiger partial charge is 0.408 e. The number of amides is 3. The second-order valence-electron chi connectivity index (χ2n) is 10.5. The molecule has 4 rings (SSSR count). The quantitative estimate of drug-likeness (QED) is 0.631. The van der Waals surface area contributed by atoms with Crippen molar-refractivity contribution in [1.29, 1.82) is 0 Å². The molecule has 2 aromatic carbocycles. The minimum atomic E-state index is -0.873. The Hall–Kier alpha value is -3.35. The van der Waals surface area contributed by atoms with Gasteiger partial charge in [-0.1, -0.05) is 48.5 Å². The fourth-order valence-electron chi connectivity index (χ4n) is 4.38. The SMILES string of the molecule is CC(C)(C)OC(=O)NC(Cc1ccccc1)C(=O)NC1CCc2ccccc2N(CC2CC2)C1=O. The summed E-state index contributed by atoms with van der Waals surface area (Å²) in [6, 6.07) is 15.9. The molecule has 0 saturated heterocycles. The van der Waals surface area contributed by atoms with Gasteiger partial charge in [0.15, 0.2) is 0 Å². The van der Waals surface area contributed by atoms with Crippen molar-refractivity contribution in [3.8, 4) is 0 Å². The molecule has 2 unspecified atom stereocenters. The lowest BCUT2D eigenvalue weighted by Crippen LogP contribution is -2.55. The van der Waals surface area contributed by atoms with Gasteiger partial charge in [-0.2, -0.15) is 0 Å². The lowest BCUT2D eigenvalue weighted by molar-refractivity contribution is -0.128. The number of nitrogens with one attached hydrogen (secondary N) is 2. The molecular weight excluding hydrogens is 442 g/mol. The number of benzene rings is 2. The van der Waals surface area contributed by atoms with E-state index in [1.807, 2.05) is 53.4 Å². The van der Waals surface area contributed by atoms with Crippen LogP contribution in [0, 0.1) is 5.92 Å². The molecule has 1 fully saturated rings. The van der Waals surface area contributed by atoms with E-state index in [0.29, 0.717) is 31.7 Å². The zero-order chi connectivity index (χ0) is 25.0. The molecule has 1 saturated carbocycles. The number of alkyl carbamates (subject to hydrolysis) is 1. The fourth-order valence-corrected chi connectivity index (χ4v) is 4.38. The van der Waals surface area contributed by atoms with Crippen LogP contribution in [0.2, 0.25) is 0 Å². The van der Waals surface area contributed by atoms with Gasteiger partial charge in [-0.3, -0.25) is 9.59 Å². The normalized spacial score (nSPS) is 18.8. The van der Waals surface area contributed by atoms with Crippen molar-refractivity contribution in [1.82, 2.24) is 10.6 Å². The maximum absolute atomic E-state index is 13.6. The average molecular weight is 478 g/mol. The Balaban J connectivity index is 1.51. The van der Waals surface area contributed by atoms with Gasteiger partial charge in [0.25, 0.3) is 0 Å². The monoisotopic (exact) mass is 477 g/mol. The summed E-state index contributed by atoms with van der Waals surface area (Å²) in [6.45, 7) is 5.99. The molecule has 2 aromatic rings.